The van der Waals surface area contributed by atoms with Crippen molar-refractivity contribution in [3.05, 3.63) is 28.7 Å². The number of carbonyl (C=O) groups is 2. The number of likely N-dealkylation sites (tertiary alicyclic amines) is 1. The van der Waals surface area contributed by atoms with Gasteiger partial charge in [-0.05, 0) is 51.0 Å². The van der Waals surface area contributed by atoms with E-state index < -0.39 is 10.7 Å². The van der Waals surface area contributed by atoms with Gasteiger partial charge in [-0.15, -0.1) is 11.8 Å². The third kappa shape index (κ3) is 4.26. The van der Waals surface area contributed by atoms with Crippen molar-refractivity contribution in [2.45, 2.75) is 36.3 Å². The van der Waals surface area contributed by atoms with Crippen LogP contribution < -0.4 is 0 Å². The van der Waals surface area contributed by atoms with E-state index in [4.69, 9.17) is 5.11 Å². The van der Waals surface area contributed by atoms with Crippen molar-refractivity contribution >= 4 is 39.6 Å². The zero-order chi connectivity index (χ0) is 16.3. The van der Waals surface area contributed by atoms with Gasteiger partial charge in [-0.1, -0.05) is 15.9 Å². The number of hydrogen-bond acceptors (Lipinski definition) is 3. The summed E-state index contributed by atoms with van der Waals surface area (Å²) in [5, 5.41) is 9.03. The number of rotatable bonds is 4. The third-order valence-electron chi connectivity index (χ3n) is 3.83. The number of carbonyl (C=O) groups excluding carboxylic acids is 1. The molecule has 4 nitrogen and oxygen atoms in total. The van der Waals surface area contributed by atoms with Gasteiger partial charge in [-0.25, -0.2) is 0 Å². The molecule has 1 amide bonds. The third-order valence-corrected chi connectivity index (χ3v) is 5.55. The molecule has 0 aromatic heterocycles. The highest BCUT2D eigenvalue weighted by atomic mass is 79.9. The summed E-state index contributed by atoms with van der Waals surface area (Å²) in [5.41, 5.74) is 0. The summed E-state index contributed by atoms with van der Waals surface area (Å²) < 4.78 is 0.445. The highest BCUT2D eigenvalue weighted by Crippen LogP contribution is 2.35. The summed E-state index contributed by atoms with van der Waals surface area (Å²) in [6, 6.07) is 7.89. The van der Waals surface area contributed by atoms with Crippen molar-refractivity contribution < 1.29 is 14.7 Å². The number of piperidine rings is 1. The average molecular weight is 386 g/mol. The van der Waals surface area contributed by atoms with Crippen molar-refractivity contribution in [2.24, 2.45) is 5.92 Å². The summed E-state index contributed by atoms with van der Waals surface area (Å²) in [5.74, 6) is -0.994. The molecule has 22 heavy (non-hydrogen) atoms. The predicted octanol–water partition coefficient (Wildman–Crippen LogP) is 3.64. The molecule has 6 heteroatoms. The molecule has 1 aromatic rings. The molecule has 0 spiro atoms. The maximum Gasteiger partial charge on any atom is 0.306 e. The van der Waals surface area contributed by atoms with E-state index in [0.717, 1.165) is 9.37 Å². The number of halogens is 1. The maximum atomic E-state index is 12.7. The van der Waals surface area contributed by atoms with E-state index in [2.05, 4.69) is 15.9 Å². The Kier molecular flexibility index (Phi) is 5.55. The summed E-state index contributed by atoms with van der Waals surface area (Å²) >= 11 is 4.94. The number of thioether (sulfide) groups is 1. The van der Waals surface area contributed by atoms with Crippen LogP contribution >= 0.6 is 27.7 Å². The first-order valence-electron chi connectivity index (χ1n) is 7.26. The lowest BCUT2D eigenvalue weighted by Crippen LogP contribution is -2.47. The first-order chi connectivity index (χ1) is 10.3. The molecule has 0 aliphatic carbocycles. The Bertz CT molecular complexity index is 551. The van der Waals surface area contributed by atoms with Crippen LogP contribution in [0.2, 0.25) is 0 Å². The Balaban J connectivity index is 1.98. The average Bonchev–Trinajstić information content (AvgIpc) is 2.48. The van der Waals surface area contributed by atoms with Gasteiger partial charge in [0.05, 0.1) is 10.7 Å². The minimum Gasteiger partial charge on any atom is -0.481 e. The Hall–Kier alpha value is -1.01. The van der Waals surface area contributed by atoms with Crippen molar-refractivity contribution in [1.29, 1.82) is 0 Å². The van der Waals surface area contributed by atoms with E-state index in [1.165, 1.54) is 11.8 Å². The van der Waals surface area contributed by atoms with Gasteiger partial charge < -0.3 is 10.0 Å². The topological polar surface area (TPSA) is 57.6 Å². The number of carboxylic acid groups (broad SMARTS) is 1. The lowest BCUT2D eigenvalue weighted by Gasteiger charge is -2.35. The zero-order valence-electron chi connectivity index (χ0n) is 12.7. The summed E-state index contributed by atoms with van der Waals surface area (Å²) in [6.45, 7) is 4.90. The monoisotopic (exact) mass is 385 g/mol. The van der Waals surface area contributed by atoms with Crippen LogP contribution in [0.4, 0.5) is 0 Å². The summed E-state index contributed by atoms with van der Waals surface area (Å²) in [6.07, 6.45) is 1.08. The zero-order valence-corrected chi connectivity index (χ0v) is 15.1. The molecule has 0 unspecified atom stereocenters. The van der Waals surface area contributed by atoms with Crippen LogP contribution in [0, 0.1) is 5.92 Å². The molecule has 1 aliphatic rings. The molecule has 0 bridgehead atoms. The Labute approximate surface area is 143 Å². The van der Waals surface area contributed by atoms with Gasteiger partial charge >= 0.3 is 5.97 Å². The molecule has 0 atom stereocenters. The second-order valence-corrected chi connectivity index (χ2v) is 8.58. The molecule has 1 N–H and O–H groups in total. The van der Waals surface area contributed by atoms with Crippen molar-refractivity contribution in [2.75, 3.05) is 13.1 Å². The number of hydrogen-bond donors (Lipinski definition) is 1. The van der Waals surface area contributed by atoms with Gasteiger partial charge in [0.15, 0.2) is 0 Å². The van der Waals surface area contributed by atoms with E-state index in [0.29, 0.717) is 25.9 Å². The normalized spacial score (nSPS) is 16.6. The fourth-order valence-corrected chi connectivity index (χ4v) is 3.89. The van der Waals surface area contributed by atoms with Gasteiger partial charge in [-0.3, -0.25) is 9.59 Å². The minimum absolute atomic E-state index is 0.0734. The Morgan fingerprint density at radius 1 is 1.23 bits per heavy atom. The number of nitrogens with zero attached hydrogens (tertiary/aromatic N) is 1. The second kappa shape index (κ2) is 7.04. The molecule has 1 aromatic carbocycles. The van der Waals surface area contributed by atoms with Gasteiger partial charge in [0.25, 0.3) is 0 Å². The summed E-state index contributed by atoms with van der Waals surface area (Å²) in [7, 11) is 0. The fraction of sp³-hybridized carbons (Fsp3) is 0.500. The lowest BCUT2D eigenvalue weighted by molar-refractivity contribution is -0.146. The smallest absolute Gasteiger partial charge is 0.306 e. The Morgan fingerprint density at radius 3 is 2.27 bits per heavy atom. The van der Waals surface area contributed by atoms with Crippen molar-refractivity contribution in [3.8, 4) is 0 Å². The van der Waals surface area contributed by atoms with Crippen LogP contribution in [0.15, 0.2) is 33.6 Å². The number of amides is 1. The quantitative estimate of drug-likeness (QED) is 0.803. The van der Waals surface area contributed by atoms with Gasteiger partial charge in [-0.2, -0.15) is 0 Å². The molecule has 0 radical (unpaired) electrons. The van der Waals surface area contributed by atoms with E-state index in [1.54, 1.807) is 4.90 Å². The fourth-order valence-electron chi connectivity index (χ4n) is 2.55. The van der Waals surface area contributed by atoms with E-state index in [1.807, 2.05) is 38.1 Å². The van der Waals surface area contributed by atoms with E-state index >= 15 is 0 Å². The lowest BCUT2D eigenvalue weighted by atomic mass is 9.96. The van der Waals surface area contributed by atoms with Gasteiger partial charge in [0.2, 0.25) is 5.91 Å². The maximum absolute atomic E-state index is 12.7. The first kappa shape index (κ1) is 17.3. The van der Waals surface area contributed by atoms with E-state index in [9.17, 15) is 9.59 Å². The molecule has 0 saturated carbocycles. The highest BCUT2D eigenvalue weighted by molar-refractivity contribution is 9.10. The highest BCUT2D eigenvalue weighted by Gasteiger charge is 2.36. The Morgan fingerprint density at radius 2 is 1.77 bits per heavy atom. The molecule has 2 rings (SSSR count). The van der Waals surface area contributed by atoms with Crippen molar-refractivity contribution in [1.82, 2.24) is 4.90 Å². The number of carboxylic acids is 1. The molecule has 1 aliphatic heterocycles. The molecule has 1 saturated heterocycles. The molecule has 1 fully saturated rings. The predicted molar refractivity (Wildman–Crippen MR) is 91.0 cm³/mol. The van der Waals surface area contributed by atoms with Gasteiger partial charge in [0.1, 0.15) is 0 Å². The number of aliphatic carboxylic acids is 1. The van der Waals surface area contributed by atoms with E-state index in [-0.39, 0.29) is 11.8 Å². The summed E-state index contributed by atoms with van der Waals surface area (Å²) in [4.78, 5) is 26.5. The number of benzene rings is 1. The molecule has 1 heterocycles. The van der Waals surface area contributed by atoms with Gasteiger partial charge in [0, 0.05) is 22.5 Å². The second-order valence-electron chi connectivity index (χ2n) is 5.97. The largest absolute Gasteiger partial charge is 0.481 e. The van der Waals surface area contributed by atoms with Crippen LogP contribution in [0.1, 0.15) is 26.7 Å². The molecular weight excluding hydrogens is 366 g/mol. The van der Waals surface area contributed by atoms with Crippen LogP contribution in [-0.4, -0.2) is 39.7 Å². The van der Waals surface area contributed by atoms with Crippen LogP contribution in [0.25, 0.3) is 0 Å². The SMILES string of the molecule is CC(C)(Sc1ccc(Br)cc1)C(=O)N1CCC(C(=O)O)CC1. The first-order valence-corrected chi connectivity index (χ1v) is 8.87. The molecule has 120 valence electrons. The standard InChI is InChI=1S/C16H20BrNO3S/c1-16(2,22-13-5-3-12(17)4-6-13)15(21)18-9-7-11(8-10-18)14(19)20/h3-6,11H,7-10H2,1-2H3,(H,19,20). The van der Waals surface area contributed by atoms with Crippen LogP contribution in [0.3, 0.4) is 0 Å². The van der Waals surface area contributed by atoms with Crippen LogP contribution in [0.5, 0.6) is 0 Å². The van der Waals surface area contributed by atoms with Crippen LogP contribution in [-0.2, 0) is 9.59 Å². The van der Waals surface area contributed by atoms with Crippen molar-refractivity contribution in [3.63, 3.8) is 0 Å². The minimum atomic E-state index is -0.754. The molecular formula is C16H20BrNO3S.